The Morgan fingerprint density at radius 1 is 1.46 bits per heavy atom. The van der Waals surface area contributed by atoms with Crippen molar-refractivity contribution in [1.29, 1.82) is 0 Å². The van der Waals surface area contributed by atoms with E-state index < -0.39 is 5.82 Å². The molecule has 6 nitrogen and oxygen atoms in total. The van der Waals surface area contributed by atoms with E-state index >= 15 is 0 Å². The average molecular weight is 335 g/mol. The van der Waals surface area contributed by atoms with Gasteiger partial charge in [-0.05, 0) is 30.5 Å². The van der Waals surface area contributed by atoms with Crippen LogP contribution in [0.15, 0.2) is 18.2 Å². The lowest BCUT2D eigenvalue weighted by Crippen LogP contribution is -2.33. The molecule has 0 spiro atoms. The molecule has 2 saturated heterocycles. The van der Waals surface area contributed by atoms with E-state index in [1.807, 2.05) is 13.8 Å². The highest BCUT2D eigenvalue weighted by molar-refractivity contribution is 5.97. The molecule has 0 aromatic heterocycles. The summed E-state index contributed by atoms with van der Waals surface area (Å²) in [6, 6.07) is 4.08. The second-order valence-corrected chi connectivity index (χ2v) is 6.51. The smallest absolute Gasteiger partial charge is 0.321 e. The SMILES string of the molecule is CC(C)[C@@H]1OCC[C@@H]1C(=O)Nc1cc(N2CCNC2=O)ccc1F. The lowest BCUT2D eigenvalue weighted by molar-refractivity contribution is -0.122. The van der Waals surface area contributed by atoms with Crippen LogP contribution in [0.2, 0.25) is 0 Å². The minimum Gasteiger partial charge on any atom is -0.377 e. The number of benzene rings is 1. The van der Waals surface area contributed by atoms with E-state index in [1.54, 1.807) is 0 Å². The summed E-state index contributed by atoms with van der Waals surface area (Å²) in [5.41, 5.74) is 0.649. The third-order valence-electron chi connectivity index (χ3n) is 4.51. The van der Waals surface area contributed by atoms with Crippen LogP contribution in [0.3, 0.4) is 0 Å². The van der Waals surface area contributed by atoms with Gasteiger partial charge in [-0.2, -0.15) is 0 Å². The predicted molar refractivity (Wildman–Crippen MR) is 88.5 cm³/mol. The van der Waals surface area contributed by atoms with Gasteiger partial charge in [0.05, 0.1) is 17.7 Å². The van der Waals surface area contributed by atoms with Gasteiger partial charge in [-0.3, -0.25) is 9.69 Å². The van der Waals surface area contributed by atoms with Crippen molar-refractivity contribution in [3.8, 4) is 0 Å². The van der Waals surface area contributed by atoms with Crippen molar-refractivity contribution in [2.24, 2.45) is 11.8 Å². The number of halogens is 1. The fourth-order valence-corrected chi connectivity index (χ4v) is 3.27. The second kappa shape index (κ2) is 6.76. The Labute approximate surface area is 140 Å². The maximum Gasteiger partial charge on any atom is 0.321 e. The van der Waals surface area contributed by atoms with Crippen molar-refractivity contribution in [2.75, 3.05) is 29.9 Å². The number of ether oxygens (including phenoxy) is 1. The number of urea groups is 1. The van der Waals surface area contributed by atoms with E-state index in [4.69, 9.17) is 4.74 Å². The molecule has 130 valence electrons. The van der Waals surface area contributed by atoms with Crippen LogP contribution in [0.5, 0.6) is 0 Å². The highest BCUT2D eigenvalue weighted by Gasteiger charge is 2.36. The molecule has 0 bridgehead atoms. The number of hydrogen-bond donors (Lipinski definition) is 2. The summed E-state index contributed by atoms with van der Waals surface area (Å²) >= 11 is 0. The largest absolute Gasteiger partial charge is 0.377 e. The Morgan fingerprint density at radius 3 is 2.92 bits per heavy atom. The number of nitrogens with one attached hydrogen (secondary N) is 2. The first kappa shape index (κ1) is 16.7. The Hall–Kier alpha value is -2.15. The van der Waals surface area contributed by atoms with Gasteiger partial charge in [-0.15, -0.1) is 0 Å². The van der Waals surface area contributed by atoms with Gasteiger partial charge in [0.1, 0.15) is 5.82 Å². The minimum absolute atomic E-state index is 0.0895. The maximum atomic E-state index is 14.1. The second-order valence-electron chi connectivity index (χ2n) is 6.51. The summed E-state index contributed by atoms with van der Waals surface area (Å²) in [6.45, 7) is 5.61. The molecule has 3 rings (SSSR count). The van der Waals surface area contributed by atoms with Gasteiger partial charge in [-0.25, -0.2) is 9.18 Å². The zero-order valence-corrected chi connectivity index (χ0v) is 13.8. The van der Waals surface area contributed by atoms with Crippen LogP contribution in [0.25, 0.3) is 0 Å². The molecular weight excluding hydrogens is 313 g/mol. The molecule has 0 aliphatic carbocycles. The van der Waals surface area contributed by atoms with Crippen molar-refractivity contribution >= 4 is 23.3 Å². The third kappa shape index (κ3) is 3.21. The Bertz CT molecular complexity index is 650. The summed E-state index contributed by atoms with van der Waals surface area (Å²) in [4.78, 5) is 25.8. The van der Waals surface area contributed by atoms with Gasteiger partial charge in [-0.1, -0.05) is 13.8 Å². The maximum absolute atomic E-state index is 14.1. The normalized spacial score (nSPS) is 23.7. The minimum atomic E-state index is -0.522. The number of anilines is 2. The molecule has 1 aromatic carbocycles. The highest BCUT2D eigenvalue weighted by atomic mass is 19.1. The van der Waals surface area contributed by atoms with Gasteiger partial charge in [0.2, 0.25) is 5.91 Å². The topological polar surface area (TPSA) is 70.7 Å². The van der Waals surface area contributed by atoms with Crippen molar-refractivity contribution in [3.05, 3.63) is 24.0 Å². The molecule has 24 heavy (non-hydrogen) atoms. The molecule has 2 atom stereocenters. The van der Waals surface area contributed by atoms with Crippen LogP contribution < -0.4 is 15.5 Å². The van der Waals surface area contributed by atoms with Gasteiger partial charge in [0.25, 0.3) is 0 Å². The average Bonchev–Trinajstić information content (AvgIpc) is 3.18. The number of amides is 3. The molecule has 0 radical (unpaired) electrons. The first-order valence-electron chi connectivity index (χ1n) is 8.24. The monoisotopic (exact) mass is 335 g/mol. The van der Waals surface area contributed by atoms with E-state index in [-0.39, 0.29) is 35.6 Å². The molecule has 2 aliphatic rings. The zero-order valence-electron chi connectivity index (χ0n) is 13.8. The van der Waals surface area contributed by atoms with Gasteiger partial charge in [0.15, 0.2) is 0 Å². The summed E-state index contributed by atoms with van der Waals surface area (Å²) in [5.74, 6) is -0.837. The van der Waals surface area contributed by atoms with Crippen LogP contribution >= 0.6 is 0 Å². The molecule has 2 fully saturated rings. The highest BCUT2D eigenvalue weighted by Crippen LogP contribution is 2.29. The fraction of sp³-hybridized carbons (Fsp3) is 0.529. The van der Waals surface area contributed by atoms with Crippen molar-refractivity contribution in [2.45, 2.75) is 26.4 Å². The molecular formula is C17H22FN3O3. The quantitative estimate of drug-likeness (QED) is 0.887. The summed E-state index contributed by atoms with van der Waals surface area (Å²) in [7, 11) is 0. The Morgan fingerprint density at radius 2 is 2.25 bits per heavy atom. The standard InChI is InChI=1S/C17H22FN3O3/c1-10(2)15-12(5-8-24-15)16(22)20-14-9-11(3-4-13(14)18)21-7-6-19-17(21)23/h3-4,9-10,12,15H,5-8H2,1-2H3,(H,19,23)(H,20,22)/t12-,15-/m0/s1. The van der Waals surface area contributed by atoms with Crippen LogP contribution in [-0.2, 0) is 9.53 Å². The number of carbonyl (C=O) groups is 2. The zero-order chi connectivity index (χ0) is 17.3. The molecule has 2 aliphatic heterocycles. The van der Waals surface area contributed by atoms with E-state index in [9.17, 15) is 14.0 Å². The number of nitrogens with zero attached hydrogens (tertiary/aromatic N) is 1. The molecule has 0 saturated carbocycles. The van der Waals surface area contributed by atoms with Crippen LogP contribution in [0.1, 0.15) is 20.3 Å². The third-order valence-corrected chi connectivity index (χ3v) is 4.51. The fourth-order valence-electron chi connectivity index (χ4n) is 3.27. The van der Waals surface area contributed by atoms with Crippen LogP contribution in [0.4, 0.5) is 20.6 Å². The molecule has 1 aromatic rings. The summed E-state index contributed by atoms with van der Waals surface area (Å²) < 4.78 is 19.7. The van der Waals surface area contributed by atoms with E-state index in [0.717, 1.165) is 0 Å². The Balaban J connectivity index is 1.77. The number of hydrogen-bond acceptors (Lipinski definition) is 3. The van der Waals surface area contributed by atoms with Crippen molar-refractivity contribution in [1.82, 2.24) is 5.32 Å². The molecule has 0 unspecified atom stereocenters. The van der Waals surface area contributed by atoms with E-state index in [0.29, 0.717) is 31.8 Å². The number of carbonyl (C=O) groups excluding carboxylic acids is 2. The first-order chi connectivity index (χ1) is 11.5. The Kier molecular flexibility index (Phi) is 4.71. The molecule has 2 N–H and O–H groups in total. The molecule has 2 heterocycles. The van der Waals surface area contributed by atoms with Gasteiger partial charge < -0.3 is 15.4 Å². The van der Waals surface area contributed by atoms with Gasteiger partial charge in [0, 0.05) is 25.4 Å². The van der Waals surface area contributed by atoms with E-state index in [1.165, 1.54) is 23.1 Å². The van der Waals surface area contributed by atoms with Crippen LogP contribution in [0, 0.1) is 17.7 Å². The molecule has 3 amide bonds. The first-order valence-corrected chi connectivity index (χ1v) is 8.24. The van der Waals surface area contributed by atoms with Crippen molar-refractivity contribution < 1.29 is 18.7 Å². The molecule has 7 heteroatoms. The van der Waals surface area contributed by atoms with E-state index in [2.05, 4.69) is 10.6 Å². The van der Waals surface area contributed by atoms with Crippen molar-refractivity contribution in [3.63, 3.8) is 0 Å². The lowest BCUT2D eigenvalue weighted by atomic mass is 9.92. The summed E-state index contributed by atoms with van der Waals surface area (Å²) in [6.07, 6.45) is 0.477. The summed E-state index contributed by atoms with van der Waals surface area (Å²) in [5, 5.41) is 5.36. The van der Waals surface area contributed by atoms with Crippen LogP contribution in [-0.4, -0.2) is 37.7 Å². The predicted octanol–water partition coefficient (Wildman–Crippen LogP) is 2.35. The number of rotatable bonds is 4. The lowest BCUT2D eigenvalue weighted by Gasteiger charge is -2.22. The van der Waals surface area contributed by atoms with Gasteiger partial charge >= 0.3 is 6.03 Å².